The van der Waals surface area contributed by atoms with Crippen LogP contribution in [0.15, 0.2) is 41.9 Å². The summed E-state index contributed by atoms with van der Waals surface area (Å²) in [6, 6.07) is 9.19. The third-order valence-corrected chi connectivity index (χ3v) is 8.97. The lowest BCUT2D eigenvalue weighted by atomic mass is 10.0. The van der Waals surface area contributed by atoms with Crippen LogP contribution in [0.1, 0.15) is 54.5 Å². The van der Waals surface area contributed by atoms with Crippen LogP contribution in [0, 0.1) is 6.92 Å². The predicted octanol–water partition coefficient (Wildman–Crippen LogP) is 6.36. The number of amides is 2. The number of thiophene rings is 1. The minimum Gasteiger partial charge on any atom is -0.444 e. The maximum Gasteiger partial charge on any atom is 0.410 e. The summed E-state index contributed by atoms with van der Waals surface area (Å²) in [5, 5.41) is 13.3. The number of carbonyl (C=O) groups excluding carboxylic acids is 2. The number of pyridine rings is 1. The third kappa shape index (κ3) is 6.58. The molecular formula is C30H35N5O4S2. The fraction of sp³-hybridized carbons (Fsp3) is 0.433. The standard InChI is InChI=1S/C30H35N5O4S2/c1-19-18-40-23-12-14-31-26(25(19)23)35(22-7-6-15-34(17-22)29(37)39-30(2,3)4)28(36)21-10-8-20(9-11-21)27-33-32-24(41-27)13-16-38-5/h8-12,14,18,22H,6-7,13,15-17H2,1-5H3/t22-/m1/s1. The Morgan fingerprint density at radius 1 is 1.15 bits per heavy atom. The molecule has 4 heterocycles. The number of ether oxygens (including phenoxy) is 2. The smallest absolute Gasteiger partial charge is 0.410 e. The summed E-state index contributed by atoms with van der Waals surface area (Å²) >= 11 is 3.16. The molecule has 0 aliphatic carbocycles. The van der Waals surface area contributed by atoms with E-state index >= 15 is 0 Å². The Balaban J connectivity index is 1.47. The topological polar surface area (TPSA) is 97.8 Å². The lowest BCUT2D eigenvalue weighted by Gasteiger charge is -2.39. The van der Waals surface area contributed by atoms with Crippen LogP contribution < -0.4 is 4.90 Å². The lowest BCUT2D eigenvalue weighted by Crippen LogP contribution is -2.53. The van der Waals surface area contributed by atoms with Crippen molar-refractivity contribution in [3.8, 4) is 10.6 Å². The molecule has 0 saturated carbocycles. The second-order valence-electron chi connectivity index (χ2n) is 11.1. The zero-order chi connectivity index (χ0) is 29.1. The first-order valence-electron chi connectivity index (χ1n) is 13.7. The zero-order valence-corrected chi connectivity index (χ0v) is 25.7. The van der Waals surface area contributed by atoms with E-state index in [1.54, 1.807) is 34.4 Å². The molecule has 216 valence electrons. The van der Waals surface area contributed by atoms with Crippen LogP contribution in [0.3, 0.4) is 0 Å². The van der Waals surface area contributed by atoms with Gasteiger partial charge in [-0.15, -0.1) is 21.5 Å². The summed E-state index contributed by atoms with van der Waals surface area (Å²) in [6.45, 7) is 9.17. The SMILES string of the molecule is COCCc1nnc(-c2ccc(C(=O)N(c3nccc4scc(C)c34)[C@@H]3CCCN(C(=O)OC(C)(C)C)C3)cc2)s1. The Labute approximate surface area is 248 Å². The number of anilines is 1. The first-order chi connectivity index (χ1) is 19.6. The van der Waals surface area contributed by atoms with Crippen LogP contribution in [0.25, 0.3) is 20.7 Å². The zero-order valence-electron chi connectivity index (χ0n) is 24.0. The summed E-state index contributed by atoms with van der Waals surface area (Å²) in [6.07, 6.45) is 3.61. The van der Waals surface area contributed by atoms with Gasteiger partial charge in [0.1, 0.15) is 21.4 Å². The molecule has 9 nitrogen and oxygen atoms in total. The fourth-order valence-electron chi connectivity index (χ4n) is 4.94. The Bertz CT molecular complexity index is 1530. The second kappa shape index (κ2) is 12.2. The monoisotopic (exact) mass is 593 g/mol. The van der Waals surface area contributed by atoms with Gasteiger partial charge in [0, 0.05) is 54.0 Å². The van der Waals surface area contributed by atoms with E-state index < -0.39 is 5.60 Å². The molecular weight excluding hydrogens is 558 g/mol. The highest BCUT2D eigenvalue weighted by Crippen LogP contribution is 2.36. The highest BCUT2D eigenvalue weighted by Gasteiger charge is 2.35. The molecule has 0 radical (unpaired) electrons. The summed E-state index contributed by atoms with van der Waals surface area (Å²) in [5.74, 6) is 0.467. The number of carbonyl (C=O) groups is 2. The van der Waals surface area contributed by atoms with Crippen molar-refractivity contribution in [2.75, 3.05) is 31.7 Å². The van der Waals surface area contributed by atoms with E-state index in [4.69, 9.17) is 14.5 Å². The molecule has 3 aromatic heterocycles. The van der Waals surface area contributed by atoms with Gasteiger partial charge < -0.3 is 14.4 Å². The van der Waals surface area contributed by atoms with Gasteiger partial charge in [0.05, 0.1) is 12.6 Å². The van der Waals surface area contributed by atoms with E-state index in [0.29, 0.717) is 37.5 Å². The number of likely N-dealkylation sites (tertiary alicyclic amines) is 1. The molecule has 5 rings (SSSR count). The van der Waals surface area contributed by atoms with Gasteiger partial charge >= 0.3 is 6.09 Å². The minimum atomic E-state index is -0.598. The molecule has 11 heteroatoms. The number of hydrogen-bond donors (Lipinski definition) is 0. The van der Waals surface area contributed by atoms with Crippen molar-refractivity contribution in [3.05, 3.63) is 58.0 Å². The van der Waals surface area contributed by atoms with Crippen molar-refractivity contribution in [3.63, 3.8) is 0 Å². The van der Waals surface area contributed by atoms with Crippen molar-refractivity contribution in [2.24, 2.45) is 0 Å². The Hall–Kier alpha value is -3.41. The quantitative estimate of drug-likeness (QED) is 0.246. The number of benzene rings is 1. The van der Waals surface area contributed by atoms with Crippen LogP contribution in [0.5, 0.6) is 0 Å². The van der Waals surface area contributed by atoms with Gasteiger partial charge in [-0.2, -0.15) is 0 Å². The van der Waals surface area contributed by atoms with Gasteiger partial charge in [0.15, 0.2) is 0 Å². The van der Waals surface area contributed by atoms with Crippen molar-refractivity contribution in [1.29, 1.82) is 0 Å². The molecule has 2 amide bonds. The summed E-state index contributed by atoms with van der Waals surface area (Å²) < 4.78 is 11.9. The number of aromatic nitrogens is 3. The molecule has 41 heavy (non-hydrogen) atoms. The number of piperidine rings is 1. The summed E-state index contributed by atoms with van der Waals surface area (Å²) in [4.78, 5) is 35.5. The number of fused-ring (bicyclic) bond motifs is 1. The largest absolute Gasteiger partial charge is 0.444 e. The minimum absolute atomic E-state index is 0.156. The molecule has 1 aliphatic heterocycles. The lowest BCUT2D eigenvalue weighted by molar-refractivity contribution is 0.0196. The highest BCUT2D eigenvalue weighted by molar-refractivity contribution is 7.17. The van der Waals surface area contributed by atoms with E-state index in [1.165, 1.54) is 11.3 Å². The van der Waals surface area contributed by atoms with Crippen molar-refractivity contribution in [1.82, 2.24) is 20.1 Å². The van der Waals surface area contributed by atoms with Gasteiger partial charge in [-0.25, -0.2) is 9.78 Å². The van der Waals surface area contributed by atoms with E-state index in [0.717, 1.165) is 44.1 Å². The number of hydrogen-bond acceptors (Lipinski definition) is 9. The second-order valence-corrected chi connectivity index (χ2v) is 13.1. The molecule has 1 atom stereocenters. The summed E-state index contributed by atoms with van der Waals surface area (Å²) in [7, 11) is 1.67. The molecule has 0 bridgehead atoms. The molecule has 1 fully saturated rings. The Morgan fingerprint density at radius 3 is 2.66 bits per heavy atom. The molecule has 0 unspecified atom stereocenters. The average molecular weight is 594 g/mol. The Morgan fingerprint density at radius 2 is 1.93 bits per heavy atom. The number of aryl methyl sites for hydroxylation is 1. The molecule has 1 aliphatic rings. The molecule has 0 N–H and O–H groups in total. The van der Waals surface area contributed by atoms with E-state index in [9.17, 15) is 9.59 Å². The average Bonchev–Trinajstić information content (AvgIpc) is 3.58. The maximum absolute atomic E-state index is 14.3. The first kappa shape index (κ1) is 29.1. The highest BCUT2D eigenvalue weighted by atomic mass is 32.1. The van der Waals surface area contributed by atoms with Crippen LogP contribution in [0.2, 0.25) is 0 Å². The van der Waals surface area contributed by atoms with Crippen LogP contribution in [-0.2, 0) is 15.9 Å². The van der Waals surface area contributed by atoms with E-state index in [1.807, 2.05) is 58.0 Å². The number of nitrogens with zero attached hydrogens (tertiary/aromatic N) is 5. The van der Waals surface area contributed by atoms with Crippen LogP contribution >= 0.6 is 22.7 Å². The number of rotatable bonds is 7. The van der Waals surface area contributed by atoms with Gasteiger partial charge in [-0.05, 0) is 69.7 Å². The fourth-order valence-corrected chi connectivity index (χ4v) is 6.70. The third-order valence-electron chi connectivity index (χ3n) is 6.88. The Kier molecular flexibility index (Phi) is 8.67. The van der Waals surface area contributed by atoms with Crippen LogP contribution in [-0.4, -0.2) is 70.5 Å². The van der Waals surface area contributed by atoms with Crippen molar-refractivity contribution >= 4 is 50.6 Å². The summed E-state index contributed by atoms with van der Waals surface area (Å²) in [5.41, 5.74) is 1.91. The van der Waals surface area contributed by atoms with E-state index in [2.05, 4.69) is 15.6 Å². The van der Waals surface area contributed by atoms with Crippen LogP contribution in [0.4, 0.5) is 10.6 Å². The molecule has 1 aromatic carbocycles. The maximum atomic E-state index is 14.3. The molecule has 0 spiro atoms. The van der Waals surface area contributed by atoms with Gasteiger partial charge in [-0.1, -0.05) is 23.5 Å². The first-order valence-corrected chi connectivity index (χ1v) is 15.4. The predicted molar refractivity (Wildman–Crippen MR) is 163 cm³/mol. The van der Waals surface area contributed by atoms with Gasteiger partial charge in [0.2, 0.25) is 0 Å². The molecule has 4 aromatic rings. The number of methoxy groups -OCH3 is 1. The van der Waals surface area contributed by atoms with Crippen molar-refractivity contribution in [2.45, 2.75) is 58.6 Å². The normalized spacial score (nSPS) is 15.7. The van der Waals surface area contributed by atoms with E-state index in [-0.39, 0.29) is 18.0 Å². The molecule has 1 saturated heterocycles. The van der Waals surface area contributed by atoms with Gasteiger partial charge in [0.25, 0.3) is 5.91 Å². The van der Waals surface area contributed by atoms with Crippen molar-refractivity contribution < 1.29 is 19.1 Å². The van der Waals surface area contributed by atoms with Gasteiger partial charge in [-0.3, -0.25) is 9.69 Å².